The third-order valence-corrected chi connectivity index (χ3v) is 0.932. The maximum absolute atomic E-state index is 10.2. The third-order valence-electron chi connectivity index (χ3n) is 0.498. The van der Waals surface area contributed by atoms with Gasteiger partial charge < -0.3 is 9.84 Å². The first-order valence-electron chi connectivity index (χ1n) is 1.80. The van der Waals surface area contributed by atoms with E-state index in [0.717, 1.165) is 4.99 Å². The van der Waals surface area contributed by atoms with Gasteiger partial charge in [0.15, 0.2) is 0 Å². The molecule has 0 amide bonds. The minimum absolute atomic E-state index is 0.437. The highest BCUT2D eigenvalue weighted by Crippen LogP contribution is 1.94. The summed E-state index contributed by atoms with van der Waals surface area (Å²) in [7, 11) is 1.19. The minimum Gasteiger partial charge on any atom is -0.501 e. The van der Waals surface area contributed by atoms with Crippen molar-refractivity contribution in [1.82, 2.24) is 0 Å². The van der Waals surface area contributed by atoms with Crippen LogP contribution in [0.15, 0.2) is 10.7 Å². The Morgan fingerprint density at radius 1 is 1.88 bits per heavy atom. The lowest BCUT2D eigenvalue weighted by Gasteiger charge is -1.92. The molecule has 0 aliphatic carbocycles. The van der Waals surface area contributed by atoms with Crippen LogP contribution in [0.4, 0.5) is 0 Å². The van der Waals surface area contributed by atoms with Gasteiger partial charge in [0.05, 0.1) is 7.11 Å². The molecule has 8 heavy (non-hydrogen) atoms. The first-order valence-corrected chi connectivity index (χ1v) is 2.71. The van der Waals surface area contributed by atoms with Gasteiger partial charge in [0.1, 0.15) is 0 Å². The zero-order valence-corrected chi connectivity index (χ0v) is 5.81. The Morgan fingerprint density at radius 3 is 2.50 bits per heavy atom. The summed E-state index contributed by atoms with van der Waals surface area (Å²) in [5.74, 6) is -1.19. The molecular weight excluding hydrogens is 176 g/mol. The van der Waals surface area contributed by atoms with Gasteiger partial charge in [-0.1, -0.05) is 15.9 Å². The van der Waals surface area contributed by atoms with Gasteiger partial charge in [-0.05, 0) is 0 Å². The summed E-state index contributed by atoms with van der Waals surface area (Å²) in [5, 5.41) is 8.47. The Hall–Kier alpha value is -0.510. The molecule has 0 aromatic rings. The number of esters is 1. The zero-order valence-electron chi connectivity index (χ0n) is 4.22. The Morgan fingerprint density at radius 2 is 2.38 bits per heavy atom. The summed E-state index contributed by atoms with van der Waals surface area (Å²) >= 11 is 2.74. The molecule has 0 saturated heterocycles. The molecule has 0 aliphatic rings. The molecule has 1 N–H and O–H groups in total. The number of aliphatic hydroxyl groups excluding tert-OH is 1. The first kappa shape index (κ1) is 7.49. The summed E-state index contributed by atoms with van der Waals surface area (Å²) in [6.45, 7) is 0. The molecule has 0 saturated carbocycles. The SMILES string of the molecule is COC(=O)/C(O)=C/Br. The lowest BCUT2D eigenvalue weighted by atomic mass is 10.6. The van der Waals surface area contributed by atoms with Crippen LogP contribution in [0.3, 0.4) is 0 Å². The van der Waals surface area contributed by atoms with Crippen LogP contribution in [0, 0.1) is 0 Å². The average molecular weight is 181 g/mol. The Bertz CT molecular complexity index is 118. The largest absolute Gasteiger partial charge is 0.501 e. The van der Waals surface area contributed by atoms with Crippen molar-refractivity contribution < 1.29 is 14.6 Å². The molecule has 0 aromatic carbocycles. The fourth-order valence-electron chi connectivity index (χ4n) is 0.149. The highest BCUT2D eigenvalue weighted by atomic mass is 79.9. The molecular formula is C4H5BrO3. The van der Waals surface area contributed by atoms with Crippen molar-refractivity contribution in [2.75, 3.05) is 7.11 Å². The number of hydrogen-bond donors (Lipinski definition) is 1. The van der Waals surface area contributed by atoms with E-state index in [-0.39, 0.29) is 0 Å². The van der Waals surface area contributed by atoms with Gasteiger partial charge in [-0.3, -0.25) is 0 Å². The lowest BCUT2D eigenvalue weighted by molar-refractivity contribution is -0.139. The normalized spacial score (nSPS) is 11.0. The van der Waals surface area contributed by atoms with Gasteiger partial charge in [-0.25, -0.2) is 4.79 Å². The van der Waals surface area contributed by atoms with Crippen LogP contribution in [-0.2, 0) is 9.53 Å². The second kappa shape index (κ2) is 3.49. The van der Waals surface area contributed by atoms with E-state index in [1.165, 1.54) is 7.11 Å². The van der Waals surface area contributed by atoms with Gasteiger partial charge in [0, 0.05) is 4.99 Å². The highest BCUT2D eigenvalue weighted by Gasteiger charge is 2.03. The predicted octanol–water partition coefficient (Wildman–Crippen LogP) is 0.954. The molecule has 0 atom stereocenters. The Balaban J connectivity index is 3.83. The molecule has 46 valence electrons. The zero-order chi connectivity index (χ0) is 6.57. The Labute approximate surface area is 55.1 Å². The quantitative estimate of drug-likeness (QED) is 0.372. The standard InChI is InChI=1S/C4H5BrO3/c1-8-4(7)3(6)2-5/h2,6H,1H3/b3-2-. The maximum atomic E-state index is 10.2. The minimum atomic E-state index is -0.748. The van der Waals surface area contributed by atoms with Crippen LogP contribution in [-0.4, -0.2) is 18.2 Å². The monoisotopic (exact) mass is 180 g/mol. The topological polar surface area (TPSA) is 46.5 Å². The predicted molar refractivity (Wildman–Crippen MR) is 31.7 cm³/mol. The maximum Gasteiger partial charge on any atom is 0.373 e. The van der Waals surface area contributed by atoms with Gasteiger partial charge in [0.25, 0.3) is 0 Å². The molecule has 0 rings (SSSR count). The van der Waals surface area contributed by atoms with E-state index >= 15 is 0 Å². The van der Waals surface area contributed by atoms with Crippen LogP contribution in [0.2, 0.25) is 0 Å². The molecule has 0 fully saturated rings. The van der Waals surface area contributed by atoms with Crippen LogP contribution in [0.1, 0.15) is 0 Å². The summed E-state index contributed by atoms with van der Waals surface area (Å²) in [5.41, 5.74) is 0. The molecule has 0 aromatic heterocycles. The van der Waals surface area contributed by atoms with Gasteiger partial charge in [0.2, 0.25) is 5.76 Å². The van der Waals surface area contributed by atoms with E-state index in [0.29, 0.717) is 0 Å². The molecule has 0 spiro atoms. The van der Waals surface area contributed by atoms with Crippen molar-refractivity contribution in [3.63, 3.8) is 0 Å². The molecule has 4 heteroatoms. The van der Waals surface area contributed by atoms with E-state index in [1.807, 2.05) is 0 Å². The van der Waals surface area contributed by atoms with Crippen molar-refractivity contribution in [3.05, 3.63) is 10.7 Å². The number of hydrogen-bond acceptors (Lipinski definition) is 3. The van der Waals surface area contributed by atoms with Crippen molar-refractivity contribution in [1.29, 1.82) is 0 Å². The second-order valence-electron chi connectivity index (χ2n) is 0.986. The fourth-order valence-corrected chi connectivity index (χ4v) is 0.336. The third kappa shape index (κ3) is 1.97. The molecule has 0 aliphatic heterocycles. The Kier molecular flexibility index (Phi) is 3.26. The van der Waals surface area contributed by atoms with Crippen LogP contribution in [0.25, 0.3) is 0 Å². The number of carbonyl (C=O) groups is 1. The van der Waals surface area contributed by atoms with Gasteiger partial charge in [-0.2, -0.15) is 0 Å². The van der Waals surface area contributed by atoms with E-state index < -0.39 is 11.7 Å². The van der Waals surface area contributed by atoms with E-state index in [4.69, 9.17) is 5.11 Å². The molecule has 0 unspecified atom stereocenters. The van der Waals surface area contributed by atoms with Crippen LogP contribution in [0.5, 0.6) is 0 Å². The number of ether oxygens (including phenoxy) is 1. The highest BCUT2D eigenvalue weighted by molar-refractivity contribution is 9.11. The van der Waals surface area contributed by atoms with Gasteiger partial charge >= 0.3 is 5.97 Å². The number of aliphatic hydroxyl groups is 1. The fraction of sp³-hybridized carbons (Fsp3) is 0.250. The van der Waals surface area contributed by atoms with Crippen LogP contribution < -0.4 is 0 Å². The second-order valence-corrected chi connectivity index (χ2v) is 1.44. The number of halogens is 1. The smallest absolute Gasteiger partial charge is 0.373 e. The molecule has 0 heterocycles. The van der Waals surface area contributed by atoms with E-state index in [1.54, 1.807) is 0 Å². The van der Waals surface area contributed by atoms with Crippen molar-refractivity contribution >= 4 is 21.9 Å². The molecule has 0 bridgehead atoms. The summed E-state index contributed by atoms with van der Waals surface area (Å²) in [6, 6.07) is 0. The molecule has 3 nitrogen and oxygen atoms in total. The summed E-state index contributed by atoms with van der Waals surface area (Å²) in [6.07, 6.45) is 0. The number of carbonyl (C=O) groups excluding carboxylic acids is 1. The first-order chi connectivity index (χ1) is 3.72. The summed E-state index contributed by atoms with van der Waals surface area (Å²) in [4.78, 5) is 11.3. The van der Waals surface area contributed by atoms with Crippen molar-refractivity contribution in [2.24, 2.45) is 0 Å². The number of methoxy groups -OCH3 is 1. The van der Waals surface area contributed by atoms with E-state index in [2.05, 4.69) is 20.7 Å². The van der Waals surface area contributed by atoms with Crippen molar-refractivity contribution in [2.45, 2.75) is 0 Å². The summed E-state index contributed by atoms with van der Waals surface area (Å²) < 4.78 is 4.12. The molecule has 0 radical (unpaired) electrons. The van der Waals surface area contributed by atoms with Crippen molar-refractivity contribution in [3.8, 4) is 0 Å². The van der Waals surface area contributed by atoms with Crippen LogP contribution >= 0.6 is 15.9 Å². The van der Waals surface area contributed by atoms with E-state index in [9.17, 15) is 4.79 Å². The lowest BCUT2D eigenvalue weighted by Crippen LogP contribution is -2.02. The average Bonchev–Trinajstić information content (AvgIpc) is 1.84. The van der Waals surface area contributed by atoms with Gasteiger partial charge in [-0.15, -0.1) is 0 Å². The number of rotatable bonds is 1.